The van der Waals surface area contributed by atoms with Crippen molar-refractivity contribution in [2.45, 2.75) is 13.8 Å². The molecule has 0 amide bonds. The van der Waals surface area contributed by atoms with E-state index in [0.717, 1.165) is 22.5 Å². The van der Waals surface area contributed by atoms with E-state index in [1.807, 2.05) is 84.9 Å². The minimum Gasteiger partial charge on any atom is -0.399 e. The first-order valence-electron chi connectivity index (χ1n) is 9.29. The summed E-state index contributed by atoms with van der Waals surface area (Å²) >= 11 is 0. The minimum absolute atomic E-state index is 0.782. The van der Waals surface area contributed by atoms with Crippen molar-refractivity contribution in [3.05, 3.63) is 120 Å². The molecule has 0 bridgehead atoms. The van der Waals surface area contributed by atoms with E-state index in [1.54, 1.807) is 0 Å². The summed E-state index contributed by atoms with van der Waals surface area (Å²) in [6.07, 6.45) is 0. The topological polar surface area (TPSA) is 52.0 Å². The van der Waals surface area contributed by atoms with Gasteiger partial charge < -0.3 is 11.5 Å². The van der Waals surface area contributed by atoms with Crippen LogP contribution in [0.1, 0.15) is 11.1 Å². The van der Waals surface area contributed by atoms with Crippen LogP contribution in [-0.4, -0.2) is 0 Å². The highest BCUT2D eigenvalue weighted by Gasteiger charge is 1.95. The van der Waals surface area contributed by atoms with Crippen LogP contribution in [0.3, 0.4) is 0 Å². The molecule has 4 rings (SSSR count). The first kappa shape index (κ1) is 20.8. The summed E-state index contributed by atoms with van der Waals surface area (Å²) in [6.45, 7) is 4.17. The van der Waals surface area contributed by atoms with Crippen molar-refractivity contribution in [1.29, 1.82) is 0 Å². The Morgan fingerprint density at radius 3 is 0.893 bits per heavy atom. The molecule has 2 nitrogen and oxygen atoms in total. The number of nitrogen functional groups attached to an aromatic ring is 2. The molecule has 2 heteroatoms. The molecule has 0 aromatic heterocycles. The molecule has 0 heterocycles. The van der Waals surface area contributed by atoms with Crippen LogP contribution in [0.4, 0.5) is 11.4 Å². The second-order valence-electron chi connectivity index (χ2n) is 6.55. The maximum absolute atomic E-state index is 5.61. The molecule has 28 heavy (non-hydrogen) atoms. The van der Waals surface area contributed by atoms with Gasteiger partial charge in [-0.2, -0.15) is 0 Å². The molecule has 0 aliphatic rings. The summed E-state index contributed by atoms with van der Waals surface area (Å²) in [5.74, 6) is 0. The molecule has 0 atom stereocenters. The molecule has 142 valence electrons. The molecule has 0 saturated carbocycles. The Balaban J connectivity index is 0.000000168. The minimum atomic E-state index is 0.782. The number of benzene rings is 4. The average molecular weight is 369 g/mol. The van der Waals surface area contributed by atoms with E-state index in [2.05, 4.69) is 38.1 Å². The lowest BCUT2D eigenvalue weighted by molar-refractivity contribution is 1.48. The number of rotatable bonds is 1. The molecule has 0 aliphatic carbocycles. The van der Waals surface area contributed by atoms with Crippen LogP contribution in [0, 0.1) is 13.8 Å². The van der Waals surface area contributed by atoms with Gasteiger partial charge in [0, 0.05) is 11.4 Å². The van der Waals surface area contributed by atoms with Gasteiger partial charge in [-0.05, 0) is 49.2 Å². The zero-order valence-electron chi connectivity index (χ0n) is 16.5. The number of nitrogens with two attached hydrogens (primary N) is 2. The summed E-state index contributed by atoms with van der Waals surface area (Å²) in [6, 6.07) is 36.1. The largest absolute Gasteiger partial charge is 0.399 e. The van der Waals surface area contributed by atoms with Gasteiger partial charge in [-0.15, -0.1) is 0 Å². The lowest BCUT2D eigenvalue weighted by Gasteiger charge is -2.02. The lowest BCUT2D eigenvalue weighted by Crippen LogP contribution is -1.85. The highest BCUT2D eigenvalue weighted by Crippen LogP contribution is 2.21. The van der Waals surface area contributed by atoms with Gasteiger partial charge in [0.2, 0.25) is 0 Å². The van der Waals surface area contributed by atoms with Gasteiger partial charge in [-0.1, -0.05) is 96.1 Å². The van der Waals surface area contributed by atoms with Crippen molar-refractivity contribution in [1.82, 2.24) is 0 Å². The lowest BCUT2D eigenvalue weighted by atomic mass is 10.1. The van der Waals surface area contributed by atoms with Gasteiger partial charge >= 0.3 is 0 Å². The van der Waals surface area contributed by atoms with E-state index in [4.69, 9.17) is 11.5 Å². The van der Waals surface area contributed by atoms with E-state index in [-0.39, 0.29) is 0 Å². The highest BCUT2D eigenvalue weighted by molar-refractivity contribution is 5.67. The Morgan fingerprint density at radius 2 is 0.679 bits per heavy atom. The molecule has 4 aromatic rings. The predicted octanol–water partition coefficient (Wildman–Crippen LogP) is 6.51. The van der Waals surface area contributed by atoms with E-state index in [1.165, 1.54) is 11.1 Å². The zero-order chi connectivity index (χ0) is 20.2. The molecule has 0 aliphatic heterocycles. The van der Waals surface area contributed by atoms with Crippen LogP contribution in [0.2, 0.25) is 0 Å². The van der Waals surface area contributed by atoms with Crippen molar-refractivity contribution in [3.63, 3.8) is 0 Å². The van der Waals surface area contributed by atoms with Gasteiger partial charge in [0.15, 0.2) is 0 Å². The third-order valence-corrected chi connectivity index (χ3v) is 4.04. The third-order valence-electron chi connectivity index (χ3n) is 4.04. The molecule has 4 aromatic carbocycles. The molecular weight excluding hydrogens is 340 g/mol. The van der Waals surface area contributed by atoms with Crippen LogP contribution in [-0.2, 0) is 0 Å². The summed E-state index contributed by atoms with van der Waals surface area (Å²) < 4.78 is 0. The van der Waals surface area contributed by atoms with Crippen molar-refractivity contribution in [2.75, 3.05) is 11.5 Å². The van der Waals surface area contributed by atoms with Crippen LogP contribution in [0.15, 0.2) is 109 Å². The van der Waals surface area contributed by atoms with Crippen molar-refractivity contribution < 1.29 is 0 Å². The normalized spacial score (nSPS) is 9.36. The maximum Gasteiger partial charge on any atom is 0.0314 e. The van der Waals surface area contributed by atoms with Crippen LogP contribution >= 0.6 is 0 Å². The van der Waals surface area contributed by atoms with Crippen molar-refractivity contribution in [3.8, 4) is 11.1 Å². The standard InChI is InChI=1S/C12H12N2.2C7H8/c13-11-5-1-9(2-6-11)10-3-7-12(14)8-4-10;2*1-7-5-3-2-4-6-7/h1-8H,13-14H2;2*2-6H,1H3. The van der Waals surface area contributed by atoms with Gasteiger partial charge in [0.05, 0.1) is 0 Å². The van der Waals surface area contributed by atoms with E-state index in [9.17, 15) is 0 Å². The third kappa shape index (κ3) is 7.79. The SMILES string of the molecule is Cc1ccccc1.Cc1ccccc1.Nc1ccc(-c2ccc(N)cc2)cc1. The van der Waals surface area contributed by atoms with E-state index >= 15 is 0 Å². The molecule has 0 unspecified atom stereocenters. The summed E-state index contributed by atoms with van der Waals surface area (Å²) in [5, 5.41) is 0. The van der Waals surface area contributed by atoms with Crippen molar-refractivity contribution in [2.24, 2.45) is 0 Å². The molecule has 4 N–H and O–H groups in total. The van der Waals surface area contributed by atoms with Gasteiger partial charge in [-0.3, -0.25) is 0 Å². The molecular formula is C26H28N2. The van der Waals surface area contributed by atoms with Crippen molar-refractivity contribution >= 4 is 11.4 Å². The monoisotopic (exact) mass is 368 g/mol. The van der Waals surface area contributed by atoms with Gasteiger partial charge in [0.25, 0.3) is 0 Å². The Bertz CT molecular complexity index is 832. The van der Waals surface area contributed by atoms with Gasteiger partial charge in [-0.25, -0.2) is 0 Å². The Kier molecular flexibility index (Phi) is 8.35. The Morgan fingerprint density at radius 1 is 0.393 bits per heavy atom. The summed E-state index contributed by atoms with van der Waals surface area (Å²) in [4.78, 5) is 0. The maximum atomic E-state index is 5.61. The van der Waals surface area contributed by atoms with Gasteiger partial charge in [0.1, 0.15) is 0 Å². The summed E-state index contributed by atoms with van der Waals surface area (Å²) in [5.41, 5.74) is 17.7. The average Bonchev–Trinajstić information content (AvgIpc) is 2.72. The second kappa shape index (κ2) is 11.2. The van der Waals surface area contributed by atoms with E-state index in [0.29, 0.717) is 0 Å². The molecule has 0 radical (unpaired) electrons. The zero-order valence-corrected chi connectivity index (χ0v) is 16.5. The van der Waals surface area contributed by atoms with Crippen LogP contribution in [0.5, 0.6) is 0 Å². The van der Waals surface area contributed by atoms with Crippen LogP contribution in [0.25, 0.3) is 11.1 Å². The number of aryl methyl sites for hydroxylation is 2. The second-order valence-corrected chi connectivity index (χ2v) is 6.55. The highest BCUT2D eigenvalue weighted by atomic mass is 14.5. The fraction of sp³-hybridized carbons (Fsp3) is 0.0769. The molecule has 0 fully saturated rings. The number of hydrogen-bond donors (Lipinski definition) is 2. The first-order chi connectivity index (χ1) is 13.5. The first-order valence-corrected chi connectivity index (χ1v) is 9.29. The van der Waals surface area contributed by atoms with E-state index < -0.39 is 0 Å². The Labute approximate surface area is 168 Å². The quantitative estimate of drug-likeness (QED) is 0.376. The molecule has 0 spiro atoms. The Hall–Kier alpha value is -3.52. The fourth-order valence-electron chi connectivity index (χ4n) is 2.42. The van der Waals surface area contributed by atoms with Crippen LogP contribution < -0.4 is 11.5 Å². The number of anilines is 2. The predicted molar refractivity (Wildman–Crippen MR) is 123 cm³/mol. The summed E-state index contributed by atoms with van der Waals surface area (Å²) in [7, 11) is 0. The number of hydrogen-bond acceptors (Lipinski definition) is 2. The molecule has 0 saturated heterocycles. The fourth-order valence-corrected chi connectivity index (χ4v) is 2.42. The smallest absolute Gasteiger partial charge is 0.0314 e.